The molecule has 10 nitrogen and oxygen atoms in total. The van der Waals surface area contributed by atoms with Crippen molar-refractivity contribution in [2.75, 3.05) is 5.32 Å². The van der Waals surface area contributed by atoms with Gasteiger partial charge in [0.15, 0.2) is 5.16 Å². The van der Waals surface area contributed by atoms with Crippen molar-refractivity contribution in [3.63, 3.8) is 0 Å². The standard InChI is InChI=1S/C21H14F4N8O2S/c1-31-10-26-29-20(31)36-17-7-4-12(8-16(17)33(34)35)15-9-14(11-2-5-13(22)6-3-11)27-19-28-18(21(23,24)25)30-32(15)19/h2-10,15H,1H3,(H,27,28,30)/t15-/m0/s1. The molecule has 0 bridgehead atoms. The van der Waals surface area contributed by atoms with Gasteiger partial charge in [-0.2, -0.15) is 18.2 Å². The van der Waals surface area contributed by atoms with E-state index >= 15 is 0 Å². The first-order chi connectivity index (χ1) is 17.1. The molecule has 0 saturated heterocycles. The van der Waals surface area contributed by atoms with E-state index in [4.69, 9.17) is 0 Å². The number of nitro groups is 1. The molecule has 0 radical (unpaired) electrons. The predicted octanol–water partition coefficient (Wildman–Crippen LogP) is 4.68. The summed E-state index contributed by atoms with van der Waals surface area (Å²) < 4.78 is 56.1. The summed E-state index contributed by atoms with van der Waals surface area (Å²) in [5, 5.41) is 26.3. The molecule has 15 heteroatoms. The van der Waals surface area contributed by atoms with Gasteiger partial charge in [0, 0.05) is 18.8 Å². The van der Waals surface area contributed by atoms with Crippen LogP contribution in [-0.2, 0) is 13.2 Å². The smallest absolute Gasteiger partial charge is 0.324 e. The Morgan fingerprint density at radius 1 is 1.17 bits per heavy atom. The van der Waals surface area contributed by atoms with Gasteiger partial charge in [-0.1, -0.05) is 6.07 Å². The molecule has 3 heterocycles. The van der Waals surface area contributed by atoms with Gasteiger partial charge < -0.3 is 9.88 Å². The summed E-state index contributed by atoms with van der Waals surface area (Å²) in [7, 11) is 1.68. The van der Waals surface area contributed by atoms with Crippen molar-refractivity contribution in [3.8, 4) is 0 Å². The molecule has 0 aliphatic carbocycles. The van der Waals surface area contributed by atoms with Gasteiger partial charge in [0.25, 0.3) is 11.5 Å². The molecule has 2 aromatic carbocycles. The molecule has 1 N–H and O–H groups in total. The zero-order valence-corrected chi connectivity index (χ0v) is 19.0. The van der Waals surface area contributed by atoms with Crippen molar-refractivity contribution in [1.29, 1.82) is 0 Å². The summed E-state index contributed by atoms with van der Waals surface area (Å²) in [6.07, 6.45) is -1.82. The van der Waals surface area contributed by atoms with Gasteiger partial charge >= 0.3 is 6.18 Å². The van der Waals surface area contributed by atoms with E-state index in [2.05, 4.69) is 25.6 Å². The molecule has 36 heavy (non-hydrogen) atoms. The fourth-order valence-electron chi connectivity index (χ4n) is 3.56. The molecule has 0 amide bonds. The van der Waals surface area contributed by atoms with Crippen molar-refractivity contribution >= 4 is 29.1 Å². The first kappa shape index (κ1) is 23.5. The number of nitrogens with zero attached hydrogens (tertiary/aromatic N) is 7. The second kappa shape index (κ2) is 8.75. The molecule has 4 aromatic rings. The summed E-state index contributed by atoms with van der Waals surface area (Å²) in [5.74, 6) is -2.07. The Bertz CT molecular complexity index is 1500. The van der Waals surface area contributed by atoms with E-state index in [1.165, 1.54) is 42.7 Å². The number of fused-ring (bicyclic) bond motifs is 1. The van der Waals surface area contributed by atoms with Crippen LogP contribution in [0.1, 0.15) is 23.0 Å². The van der Waals surface area contributed by atoms with Crippen LogP contribution in [0.15, 0.2) is 64.9 Å². The van der Waals surface area contributed by atoms with Crippen molar-refractivity contribution in [3.05, 3.63) is 87.8 Å². The molecule has 0 saturated carbocycles. The van der Waals surface area contributed by atoms with Crippen LogP contribution in [0.25, 0.3) is 5.70 Å². The Morgan fingerprint density at radius 2 is 1.92 bits per heavy atom. The Hall–Kier alpha value is -4.27. The number of anilines is 1. The highest BCUT2D eigenvalue weighted by Gasteiger charge is 2.39. The zero-order chi connectivity index (χ0) is 25.6. The molecule has 1 aliphatic rings. The minimum Gasteiger partial charge on any atom is -0.324 e. The topological polar surface area (TPSA) is 117 Å². The number of hydrogen-bond donors (Lipinski definition) is 1. The lowest BCUT2D eigenvalue weighted by Gasteiger charge is -2.24. The highest BCUT2D eigenvalue weighted by molar-refractivity contribution is 7.99. The fraction of sp³-hybridized carbons (Fsp3) is 0.143. The fourth-order valence-corrected chi connectivity index (χ4v) is 4.41. The summed E-state index contributed by atoms with van der Waals surface area (Å²) in [5.41, 5.74) is 0.848. The number of halogens is 4. The number of benzene rings is 2. The highest BCUT2D eigenvalue weighted by atomic mass is 32.2. The van der Waals surface area contributed by atoms with Crippen LogP contribution in [-0.4, -0.2) is 34.5 Å². The number of hydrogen-bond acceptors (Lipinski definition) is 8. The Balaban J connectivity index is 1.61. The number of allylic oxidation sites excluding steroid dienone is 1. The number of aromatic nitrogens is 6. The molecule has 1 aliphatic heterocycles. The quantitative estimate of drug-likeness (QED) is 0.230. The number of aryl methyl sites for hydroxylation is 1. The largest absolute Gasteiger partial charge is 0.453 e. The molecule has 2 aromatic heterocycles. The average molecular weight is 518 g/mol. The monoisotopic (exact) mass is 518 g/mol. The van der Waals surface area contributed by atoms with Crippen molar-refractivity contribution < 1.29 is 22.5 Å². The number of alkyl halides is 3. The van der Waals surface area contributed by atoms with Crippen LogP contribution in [0.5, 0.6) is 0 Å². The van der Waals surface area contributed by atoms with Crippen molar-refractivity contribution in [2.24, 2.45) is 7.05 Å². The molecular weight excluding hydrogens is 504 g/mol. The Labute approximate surface area is 203 Å². The summed E-state index contributed by atoms with van der Waals surface area (Å²) in [6.45, 7) is 0. The van der Waals surface area contributed by atoms with E-state index in [-0.39, 0.29) is 16.5 Å². The summed E-state index contributed by atoms with van der Waals surface area (Å²) in [6, 6.07) is 8.65. The third-order valence-corrected chi connectivity index (χ3v) is 6.38. The van der Waals surface area contributed by atoms with Gasteiger partial charge in [-0.05, 0) is 59.3 Å². The first-order valence-electron chi connectivity index (χ1n) is 10.2. The van der Waals surface area contributed by atoms with Crippen LogP contribution in [0.2, 0.25) is 0 Å². The number of nitrogens with one attached hydrogen (secondary N) is 1. The SMILES string of the molecule is Cn1cnnc1Sc1ccc([C@@H]2C=C(c3ccc(F)cc3)Nc3nc(C(F)(F)F)nn32)cc1[N+](=O)[O-]. The lowest BCUT2D eigenvalue weighted by molar-refractivity contribution is -0.387. The van der Waals surface area contributed by atoms with Crippen LogP contribution >= 0.6 is 11.8 Å². The Morgan fingerprint density at radius 3 is 2.56 bits per heavy atom. The van der Waals surface area contributed by atoms with E-state index in [0.29, 0.717) is 22.0 Å². The molecule has 1 atom stereocenters. The maximum Gasteiger partial charge on any atom is 0.453 e. The molecule has 0 fully saturated rings. The van der Waals surface area contributed by atoms with E-state index in [0.717, 1.165) is 16.4 Å². The van der Waals surface area contributed by atoms with E-state index in [1.54, 1.807) is 23.8 Å². The van der Waals surface area contributed by atoms with Gasteiger partial charge in [-0.25, -0.2) is 9.07 Å². The normalized spacial score (nSPS) is 15.2. The van der Waals surface area contributed by atoms with Gasteiger partial charge in [-0.15, -0.1) is 15.3 Å². The average Bonchev–Trinajstić information content (AvgIpc) is 3.45. The minimum atomic E-state index is -4.81. The molecular formula is C21H14F4N8O2S. The minimum absolute atomic E-state index is 0.214. The number of rotatable bonds is 5. The van der Waals surface area contributed by atoms with Gasteiger partial charge in [0.2, 0.25) is 5.95 Å². The summed E-state index contributed by atoms with van der Waals surface area (Å²) >= 11 is 1.02. The zero-order valence-electron chi connectivity index (χ0n) is 18.1. The molecule has 0 spiro atoms. The predicted molar refractivity (Wildman–Crippen MR) is 119 cm³/mol. The molecule has 184 valence electrons. The lowest BCUT2D eigenvalue weighted by atomic mass is 10.0. The second-order valence-corrected chi connectivity index (χ2v) is 8.68. The third kappa shape index (κ3) is 4.39. The second-order valence-electron chi connectivity index (χ2n) is 7.67. The molecule has 0 unspecified atom stereocenters. The van der Waals surface area contributed by atoms with Crippen molar-refractivity contribution in [1.82, 2.24) is 29.5 Å². The van der Waals surface area contributed by atoms with Gasteiger partial charge in [0.1, 0.15) is 18.2 Å². The summed E-state index contributed by atoms with van der Waals surface area (Å²) in [4.78, 5) is 15.1. The third-order valence-electron chi connectivity index (χ3n) is 5.27. The van der Waals surface area contributed by atoms with Crippen LogP contribution < -0.4 is 5.32 Å². The highest BCUT2D eigenvalue weighted by Crippen LogP contribution is 2.39. The van der Waals surface area contributed by atoms with Crippen molar-refractivity contribution in [2.45, 2.75) is 22.3 Å². The molecule has 5 rings (SSSR count). The van der Waals surface area contributed by atoms with E-state index < -0.39 is 28.8 Å². The maximum absolute atomic E-state index is 13.4. The van der Waals surface area contributed by atoms with Crippen LogP contribution in [0.4, 0.5) is 29.2 Å². The van der Waals surface area contributed by atoms with Gasteiger partial charge in [0.05, 0.1) is 9.82 Å². The number of nitro benzene ring substituents is 1. The van der Waals surface area contributed by atoms with E-state index in [9.17, 15) is 27.7 Å². The maximum atomic E-state index is 13.4. The first-order valence-corrected chi connectivity index (χ1v) is 11.0. The van der Waals surface area contributed by atoms with Gasteiger partial charge in [-0.3, -0.25) is 10.1 Å². The van der Waals surface area contributed by atoms with E-state index in [1.807, 2.05) is 0 Å². The Kier molecular flexibility index (Phi) is 5.70. The van der Waals surface area contributed by atoms with Crippen LogP contribution in [0, 0.1) is 15.9 Å². The van der Waals surface area contributed by atoms with Crippen LogP contribution in [0.3, 0.4) is 0 Å². The lowest BCUT2D eigenvalue weighted by Crippen LogP contribution is -2.20.